The molecule has 1 spiro atoms. The van der Waals surface area contributed by atoms with Crippen LogP contribution < -0.4 is 5.56 Å². The molecule has 3 saturated heterocycles. The maximum absolute atomic E-state index is 13.4. The van der Waals surface area contributed by atoms with E-state index in [9.17, 15) is 14.4 Å². The standard InChI is InChI=1S/C24H30N4O4/c1-25-20-5-3-2-4-18(20)19(16-21(25)29)22(30)28-9-7-24(17-28)6-8-27(23(24)31)11-10-26-12-14-32-15-13-26/h2-5,16H,6-15,17H2,1H3. The van der Waals surface area contributed by atoms with Crippen LogP contribution in [0.2, 0.25) is 0 Å². The second-order valence-electron chi connectivity index (χ2n) is 9.23. The average molecular weight is 439 g/mol. The van der Waals surface area contributed by atoms with Gasteiger partial charge in [0.25, 0.3) is 11.5 Å². The second-order valence-corrected chi connectivity index (χ2v) is 9.23. The lowest BCUT2D eigenvalue weighted by Crippen LogP contribution is -2.44. The van der Waals surface area contributed by atoms with E-state index in [0.717, 1.165) is 63.3 Å². The van der Waals surface area contributed by atoms with E-state index in [1.54, 1.807) is 16.5 Å². The number of morpholine rings is 1. The number of ether oxygens (including phenoxy) is 1. The molecule has 3 aliphatic rings. The zero-order chi connectivity index (χ0) is 22.3. The topological polar surface area (TPSA) is 75.1 Å². The molecule has 0 bridgehead atoms. The van der Waals surface area contributed by atoms with E-state index in [2.05, 4.69) is 4.90 Å². The van der Waals surface area contributed by atoms with Gasteiger partial charge in [-0.3, -0.25) is 19.3 Å². The van der Waals surface area contributed by atoms with Gasteiger partial charge in [-0.2, -0.15) is 0 Å². The van der Waals surface area contributed by atoms with Crippen molar-refractivity contribution in [3.8, 4) is 0 Å². The molecule has 8 heteroatoms. The minimum absolute atomic E-state index is 0.157. The molecule has 4 heterocycles. The minimum atomic E-state index is -0.476. The molecule has 2 amide bonds. The van der Waals surface area contributed by atoms with Crippen molar-refractivity contribution >= 4 is 22.7 Å². The van der Waals surface area contributed by atoms with Crippen LogP contribution in [0.15, 0.2) is 35.1 Å². The quantitative estimate of drug-likeness (QED) is 0.710. The lowest BCUT2D eigenvalue weighted by molar-refractivity contribution is -0.135. The molecule has 1 aromatic heterocycles. The fourth-order valence-electron chi connectivity index (χ4n) is 5.38. The molecule has 1 unspecified atom stereocenters. The maximum atomic E-state index is 13.4. The highest BCUT2D eigenvalue weighted by molar-refractivity contribution is 6.06. The minimum Gasteiger partial charge on any atom is -0.379 e. The third kappa shape index (κ3) is 3.61. The smallest absolute Gasteiger partial charge is 0.254 e. The summed E-state index contributed by atoms with van der Waals surface area (Å²) in [5, 5.41) is 0.769. The van der Waals surface area contributed by atoms with Crippen molar-refractivity contribution in [1.29, 1.82) is 0 Å². The first-order valence-electron chi connectivity index (χ1n) is 11.5. The number of amides is 2. The summed E-state index contributed by atoms with van der Waals surface area (Å²) in [6, 6.07) is 8.90. The number of benzene rings is 1. The first kappa shape index (κ1) is 21.2. The SMILES string of the molecule is Cn1c(=O)cc(C(=O)N2CCC3(CCN(CCN4CCOCC4)C3=O)C2)c2ccccc21. The van der Waals surface area contributed by atoms with Gasteiger partial charge in [-0.05, 0) is 18.9 Å². The van der Waals surface area contributed by atoms with Gasteiger partial charge >= 0.3 is 0 Å². The zero-order valence-corrected chi connectivity index (χ0v) is 18.6. The van der Waals surface area contributed by atoms with Crippen LogP contribution in [-0.4, -0.2) is 90.1 Å². The summed E-state index contributed by atoms with van der Waals surface area (Å²) < 4.78 is 6.96. The molecule has 0 aliphatic carbocycles. The zero-order valence-electron chi connectivity index (χ0n) is 18.6. The Morgan fingerprint density at radius 3 is 2.59 bits per heavy atom. The van der Waals surface area contributed by atoms with Crippen molar-refractivity contribution in [3.05, 3.63) is 46.2 Å². The first-order chi connectivity index (χ1) is 15.5. The summed E-state index contributed by atoms with van der Waals surface area (Å²) in [6.45, 7) is 6.67. The van der Waals surface area contributed by atoms with Crippen LogP contribution in [0.5, 0.6) is 0 Å². The number of likely N-dealkylation sites (tertiary alicyclic amines) is 2. The van der Waals surface area contributed by atoms with Crippen molar-refractivity contribution in [2.75, 3.05) is 59.0 Å². The van der Waals surface area contributed by atoms with E-state index in [1.165, 1.54) is 6.07 Å². The Kier molecular flexibility index (Phi) is 5.51. The Morgan fingerprint density at radius 2 is 1.78 bits per heavy atom. The molecule has 1 atom stereocenters. The Hall–Kier alpha value is -2.71. The van der Waals surface area contributed by atoms with Crippen LogP contribution in [0.4, 0.5) is 0 Å². The number of hydrogen-bond donors (Lipinski definition) is 0. The monoisotopic (exact) mass is 438 g/mol. The highest BCUT2D eigenvalue weighted by atomic mass is 16.5. The number of aromatic nitrogens is 1. The number of nitrogens with zero attached hydrogens (tertiary/aromatic N) is 4. The van der Waals surface area contributed by atoms with E-state index in [0.29, 0.717) is 25.1 Å². The van der Waals surface area contributed by atoms with Crippen LogP contribution in [0.3, 0.4) is 0 Å². The van der Waals surface area contributed by atoms with Gasteiger partial charge in [0.05, 0.1) is 29.7 Å². The molecule has 0 N–H and O–H groups in total. The normalized spacial score (nSPS) is 24.2. The third-order valence-electron chi connectivity index (χ3n) is 7.42. The van der Waals surface area contributed by atoms with Crippen molar-refractivity contribution in [1.82, 2.24) is 19.3 Å². The van der Waals surface area contributed by atoms with Gasteiger partial charge in [0.15, 0.2) is 0 Å². The summed E-state index contributed by atoms with van der Waals surface area (Å²) in [7, 11) is 1.71. The Labute approximate surface area is 187 Å². The van der Waals surface area contributed by atoms with Gasteiger partial charge in [0.1, 0.15) is 0 Å². The van der Waals surface area contributed by atoms with E-state index < -0.39 is 5.41 Å². The van der Waals surface area contributed by atoms with Crippen LogP contribution >= 0.6 is 0 Å². The number of aryl methyl sites for hydroxylation is 1. The first-order valence-corrected chi connectivity index (χ1v) is 11.5. The number of carbonyl (C=O) groups is 2. The summed E-state index contributed by atoms with van der Waals surface area (Å²) in [6.07, 6.45) is 1.48. The van der Waals surface area contributed by atoms with E-state index in [4.69, 9.17) is 4.74 Å². The van der Waals surface area contributed by atoms with Gasteiger partial charge < -0.3 is 19.1 Å². The van der Waals surface area contributed by atoms with Crippen LogP contribution in [0, 0.1) is 5.41 Å². The van der Waals surface area contributed by atoms with E-state index in [1.807, 2.05) is 29.2 Å². The van der Waals surface area contributed by atoms with Gasteiger partial charge in [-0.25, -0.2) is 0 Å². The van der Waals surface area contributed by atoms with E-state index in [-0.39, 0.29) is 17.4 Å². The fraction of sp³-hybridized carbons (Fsp3) is 0.542. The van der Waals surface area contributed by atoms with Crippen molar-refractivity contribution < 1.29 is 14.3 Å². The van der Waals surface area contributed by atoms with E-state index >= 15 is 0 Å². The molecule has 5 rings (SSSR count). The maximum Gasteiger partial charge on any atom is 0.254 e. The Bertz CT molecular complexity index is 1110. The lowest BCUT2D eigenvalue weighted by atomic mass is 9.85. The van der Waals surface area contributed by atoms with Crippen LogP contribution in [-0.2, 0) is 16.6 Å². The largest absolute Gasteiger partial charge is 0.379 e. The van der Waals surface area contributed by atoms with Gasteiger partial charge in [-0.15, -0.1) is 0 Å². The number of para-hydroxylation sites is 1. The number of hydrogen-bond acceptors (Lipinski definition) is 5. The molecule has 0 radical (unpaired) electrons. The lowest BCUT2D eigenvalue weighted by Gasteiger charge is -2.29. The molecular weight excluding hydrogens is 408 g/mol. The molecule has 8 nitrogen and oxygen atoms in total. The predicted molar refractivity (Wildman–Crippen MR) is 121 cm³/mol. The van der Waals surface area contributed by atoms with Gasteiger partial charge in [-0.1, -0.05) is 18.2 Å². The predicted octanol–water partition coefficient (Wildman–Crippen LogP) is 0.935. The molecule has 0 saturated carbocycles. The summed E-state index contributed by atoms with van der Waals surface area (Å²) >= 11 is 0. The van der Waals surface area contributed by atoms with Crippen molar-refractivity contribution in [2.45, 2.75) is 12.8 Å². The average Bonchev–Trinajstić information content (AvgIpc) is 3.39. The summed E-state index contributed by atoms with van der Waals surface area (Å²) in [4.78, 5) is 45.2. The number of carbonyl (C=O) groups excluding carboxylic acids is 2. The highest BCUT2D eigenvalue weighted by Crippen LogP contribution is 2.41. The number of fused-ring (bicyclic) bond motifs is 1. The molecule has 1 aromatic carbocycles. The van der Waals surface area contributed by atoms with Crippen molar-refractivity contribution in [3.63, 3.8) is 0 Å². The fourth-order valence-corrected chi connectivity index (χ4v) is 5.38. The van der Waals surface area contributed by atoms with Gasteiger partial charge in [0, 0.05) is 64.3 Å². The summed E-state index contributed by atoms with van der Waals surface area (Å²) in [5.41, 5.74) is 0.488. The number of pyridine rings is 1. The van der Waals surface area contributed by atoms with Crippen molar-refractivity contribution in [2.24, 2.45) is 12.5 Å². The van der Waals surface area contributed by atoms with Gasteiger partial charge in [0.2, 0.25) is 5.91 Å². The Balaban J connectivity index is 1.30. The summed E-state index contributed by atoms with van der Waals surface area (Å²) in [5.74, 6) is 0.0187. The molecule has 3 fully saturated rings. The molecule has 2 aromatic rings. The second kappa shape index (κ2) is 8.33. The Morgan fingerprint density at radius 1 is 1.03 bits per heavy atom. The highest BCUT2D eigenvalue weighted by Gasteiger charge is 2.51. The molecule has 32 heavy (non-hydrogen) atoms. The van der Waals surface area contributed by atoms with Crippen LogP contribution in [0.25, 0.3) is 10.9 Å². The molecular formula is C24H30N4O4. The molecule has 3 aliphatic heterocycles. The number of rotatable bonds is 4. The van der Waals surface area contributed by atoms with Crippen LogP contribution in [0.1, 0.15) is 23.2 Å². The molecule has 170 valence electrons. The third-order valence-corrected chi connectivity index (χ3v) is 7.42.